The molecule has 1 aromatic heterocycles. The molecule has 0 N–H and O–H groups in total. The smallest absolute Gasteiger partial charge is 0.223 e. The number of aromatic nitrogens is 2. The second-order valence-corrected chi connectivity index (χ2v) is 7.26. The van der Waals surface area contributed by atoms with Gasteiger partial charge in [-0.15, -0.1) is 0 Å². The third kappa shape index (κ3) is 4.58. The normalized spacial score (nSPS) is 12.0. The van der Waals surface area contributed by atoms with Crippen LogP contribution in [0, 0.1) is 6.92 Å². The molecule has 0 radical (unpaired) electrons. The van der Waals surface area contributed by atoms with Crippen LogP contribution in [0.5, 0.6) is 0 Å². The lowest BCUT2D eigenvalue weighted by molar-refractivity contribution is -0.130. The lowest BCUT2D eigenvalue weighted by Crippen LogP contribution is -2.28. The highest BCUT2D eigenvalue weighted by Gasteiger charge is 2.22. The Kier molecular flexibility index (Phi) is 5.97. The molecule has 0 spiro atoms. The number of halogens is 1. The maximum absolute atomic E-state index is 13.0. The SMILES string of the molecule is Cc1nn(C)cc1CN(C)C(=O)C[C@H](c1ccccc1)c1ccccc1Cl. The molecular weight excluding hydrogens is 358 g/mol. The van der Waals surface area contributed by atoms with Crippen LogP contribution in [-0.4, -0.2) is 27.6 Å². The maximum Gasteiger partial charge on any atom is 0.223 e. The van der Waals surface area contributed by atoms with E-state index in [1.54, 1.807) is 9.58 Å². The van der Waals surface area contributed by atoms with Gasteiger partial charge in [-0.1, -0.05) is 60.1 Å². The number of aryl methyl sites for hydroxylation is 2. The Balaban J connectivity index is 1.82. The van der Waals surface area contributed by atoms with Crippen LogP contribution >= 0.6 is 11.6 Å². The van der Waals surface area contributed by atoms with Crippen LogP contribution < -0.4 is 0 Å². The number of carbonyl (C=O) groups is 1. The van der Waals surface area contributed by atoms with E-state index in [0.29, 0.717) is 18.0 Å². The summed E-state index contributed by atoms with van der Waals surface area (Å²) >= 11 is 6.45. The molecule has 0 saturated heterocycles. The molecule has 0 saturated carbocycles. The van der Waals surface area contributed by atoms with Gasteiger partial charge in [0.1, 0.15) is 0 Å². The Morgan fingerprint density at radius 1 is 1.15 bits per heavy atom. The molecule has 1 amide bonds. The zero-order valence-electron chi connectivity index (χ0n) is 15.9. The molecule has 1 atom stereocenters. The van der Waals surface area contributed by atoms with Crippen molar-refractivity contribution in [2.45, 2.75) is 25.8 Å². The Bertz CT molecular complexity index is 920. The van der Waals surface area contributed by atoms with Crippen molar-refractivity contribution in [3.63, 3.8) is 0 Å². The van der Waals surface area contributed by atoms with Gasteiger partial charge in [-0.25, -0.2) is 0 Å². The minimum Gasteiger partial charge on any atom is -0.341 e. The molecule has 5 heteroatoms. The Morgan fingerprint density at radius 2 is 1.81 bits per heavy atom. The van der Waals surface area contributed by atoms with Crippen molar-refractivity contribution in [2.24, 2.45) is 7.05 Å². The minimum absolute atomic E-state index is 0.0759. The highest BCUT2D eigenvalue weighted by atomic mass is 35.5. The summed E-state index contributed by atoms with van der Waals surface area (Å²) in [5.41, 5.74) is 4.07. The zero-order chi connectivity index (χ0) is 19.4. The van der Waals surface area contributed by atoms with Crippen LogP contribution in [0.4, 0.5) is 0 Å². The number of carbonyl (C=O) groups excluding carboxylic acids is 1. The molecule has 140 valence electrons. The first-order chi connectivity index (χ1) is 13.0. The molecule has 3 aromatic rings. The number of rotatable bonds is 6. The van der Waals surface area contributed by atoms with E-state index < -0.39 is 0 Å². The van der Waals surface area contributed by atoms with Gasteiger partial charge < -0.3 is 4.90 Å². The zero-order valence-corrected chi connectivity index (χ0v) is 16.6. The second-order valence-electron chi connectivity index (χ2n) is 6.85. The predicted octanol–water partition coefficient (Wildman–Crippen LogP) is 4.56. The van der Waals surface area contributed by atoms with Crippen LogP contribution in [0.25, 0.3) is 0 Å². The molecule has 0 fully saturated rings. The van der Waals surface area contributed by atoms with Crippen molar-refractivity contribution >= 4 is 17.5 Å². The van der Waals surface area contributed by atoms with Gasteiger partial charge in [0.05, 0.1) is 5.69 Å². The monoisotopic (exact) mass is 381 g/mol. The van der Waals surface area contributed by atoms with Crippen LogP contribution in [0.2, 0.25) is 5.02 Å². The molecule has 27 heavy (non-hydrogen) atoms. The lowest BCUT2D eigenvalue weighted by Gasteiger charge is -2.23. The summed E-state index contributed by atoms with van der Waals surface area (Å²) in [5.74, 6) is -0.00290. The Morgan fingerprint density at radius 3 is 2.44 bits per heavy atom. The molecule has 0 aliphatic heterocycles. The first-order valence-electron chi connectivity index (χ1n) is 8.98. The maximum atomic E-state index is 13.0. The number of amides is 1. The van der Waals surface area contributed by atoms with E-state index in [9.17, 15) is 4.79 Å². The van der Waals surface area contributed by atoms with Crippen molar-refractivity contribution in [3.05, 3.63) is 88.2 Å². The first-order valence-corrected chi connectivity index (χ1v) is 9.36. The van der Waals surface area contributed by atoms with Crippen LogP contribution in [0.3, 0.4) is 0 Å². The molecule has 4 nitrogen and oxygen atoms in total. The Labute approximate surface area is 165 Å². The summed E-state index contributed by atoms with van der Waals surface area (Å²) in [6, 6.07) is 17.8. The van der Waals surface area contributed by atoms with E-state index >= 15 is 0 Å². The average Bonchev–Trinajstić information content (AvgIpc) is 2.98. The molecule has 0 aliphatic rings. The Hall–Kier alpha value is -2.59. The summed E-state index contributed by atoms with van der Waals surface area (Å²) in [7, 11) is 3.73. The lowest BCUT2D eigenvalue weighted by atomic mass is 9.88. The molecular formula is C22H24ClN3O. The van der Waals surface area contributed by atoms with Gasteiger partial charge >= 0.3 is 0 Å². The van der Waals surface area contributed by atoms with E-state index in [1.807, 2.05) is 81.8 Å². The van der Waals surface area contributed by atoms with Crippen molar-refractivity contribution in [1.82, 2.24) is 14.7 Å². The second kappa shape index (κ2) is 8.40. The fourth-order valence-corrected chi connectivity index (χ4v) is 3.60. The molecule has 0 unspecified atom stereocenters. The summed E-state index contributed by atoms with van der Waals surface area (Å²) in [6.07, 6.45) is 2.32. The van der Waals surface area contributed by atoms with Crippen LogP contribution in [0.15, 0.2) is 60.8 Å². The summed E-state index contributed by atoms with van der Waals surface area (Å²) < 4.78 is 1.78. The third-order valence-electron chi connectivity index (χ3n) is 4.81. The van der Waals surface area contributed by atoms with Gasteiger partial charge in [-0.05, 0) is 24.1 Å². The molecule has 1 heterocycles. The van der Waals surface area contributed by atoms with E-state index in [1.165, 1.54) is 0 Å². The van der Waals surface area contributed by atoms with Crippen LogP contribution in [-0.2, 0) is 18.4 Å². The molecule has 0 bridgehead atoms. The highest BCUT2D eigenvalue weighted by molar-refractivity contribution is 6.31. The van der Waals surface area contributed by atoms with Crippen molar-refractivity contribution in [3.8, 4) is 0 Å². The number of nitrogens with zero attached hydrogens (tertiary/aromatic N) is 3. The van der Waals surface area contributed by atoms with Crippen molar-refractivity contribution < 1.29 is 4.79 Å². The number of hydrogen-bond donors (Lipinski definition) is 0. The summed E-state index contributed by atoms with van der Waals surface area (Å²) in [4.78, 5) is 14.8. The number of hydrogen-bond acceptors (Lipinski definition) is 2. The van der Waals surface area contributed by atoms with E-state index in [0.717, 1.165) is 22.4 Å². The average molecular weight is 382 g/mol. The molecule has 3 rings (SSSR count). The highest BCUT2D eigenvalue weighted by Crippen LogP contribution is 2.33. The number of benzene rings is 2. The fourth-order valence-electron chi connectivity index (χ4n) is 3.33. The van der Waals surface area contributed by atoms with Gasteiger partial charge in [-0.3, -0.25) is 9.48 Å². The van der Waals surface area contributed by atoms with Gasteiger partial charge in [0.2, 0.25) is 5.91 Å². The van der Waals surface area contributed by atoms with Gasteiger partial charge in [0.15, 0.2) is 0 Å². The standard InChI is InChI=1S/C22H24ClN3O/c1-16-18(15-26(3)24-16)14-25(2)22(27)13-20(17-9-5-4-6-10-17)19-11-7-8-12-21(19)23/h4-12,15,20H,13-14H2,1-3H3/t20-/m1/s1. The van der Waals surface area contributed by atoms with E-state index in [-0.39, 0.29) is 11.8 Å². The predicted molar refractivity (Wildman–Crippen MR) is 109 cm³/mol. The molecule has 2 aromatic carbocycles. The van der Waals surface area contributed by atoms with Gasteiger partial charge in [0.25, 0.3) is 0 Å². The van der Waals surface area contributed by atoms with Crippen molar-refractivity contribution in [2.75, 3.05) is 7.05 Å². The van der Waals surface area contributed by atoms with Gasteiger partial charge in [-0.2, -0.15) is 5.10 Å². The summed E-state index contributed by atoms with van der Waals surface area (Å²) in [5, 5.41) is 5.04. The first kappa shape index (κ1) is 19.2. The van der Waals surface area contributed by atoms with Crippen molar-refractivity contribution in [1.29, 1.82) is 0 Å². The third-order valence-corrected chi connectivity index (χ3v) is 5.15. The summed E-state index contributed by atoms with van der Waals surface area (Å²) in [6.45, 7) is 2.51. The minimum atomic E-state index is -0.0788. The largest absolute Gasteiger partial charge is 0.341 e. The topological polar surface area (TPSA) is 38.1 Å². The van der Waals surface area contributed by atoms with E-state index in [4.69, 9.17) is 11.6 Å². The fraction of sp³-hybridized carbons (Fsp3) is 0.273. The molecule has 0 aliphatic carbocycles. The van der Waals surface area contributed by atoms with Gasteiger partial charge in [0, 0.05) is 49.8 Å². The van der Waals surface area contributed by atoms with Crippen LogP contribution in [0.1, 0.15) is 34.7 Å². The van der Waals surface area contributed by atoms with E-state index in [2.05, 4.69) is 5.10 Å². The quantitative estimate of drug-likeness (QED) is 0.627.